The van der Waals surface area contributed by atoms with E-state index in [2.05, 4.69) is 5.32 Å². The maximum absolute atomic E-state index is 11.1. The zero-order chi connectivity index (χ0) is 13.9. The summed E-state index contributed by atoms with van der Waals surface area (Å²) in [6.45, 7) is 7.23. The molecule has 1 atom stereocenters. The van der Waals surface area contributed by atoms with E-state index in [0.29, 0.717) is 0 Å². The molecule has 1 aromatic carbocycles. The van der Waals surface area contributed by atoms with Crippen LogP contribution >= 0.6 is 0 Å². The quantitative estimate of drug-likeness (QED) is 0.857. The first kappa shape index (κ1) is 14.5. The fourth-order valence-electron chi connectivity index (χ4n) is 2.23. The Labute approximate surface area is 108 Å². The zero-order valence-electron chi connectivity index (χ0n) is 11.6. The smallest absolute Gasteiger partial charge is 0.217 e. The summed E-state index contributed by atoms with van der Waals surface area (Å²) in [5.41, 5.74) is 4.00. The number of hydrogen-bond acceptors (Lipinski definition) is 3. The van der Waals surface area contributed by atoms with E-state index in [-0.39, 0.29) is 18.6 Å². The lowest BCUT2D eigenvalue weighted by Gasteiger charge is -2.22. The highest BCUT2D eigenvalue weighted by molar-refractivity contribution is 5.73. The van der Waals surface area contributed by atoms with E-state index in [4.69, 9.17) is 4.74 Å². The van der Waals surface area contributed by atoms with Gasteiger partial charge in [-0.3, -0.25) is 4.79 Å². The zero-order valence-corrected chi connectivity index (χ0v) is 11.6. The number of methoxy groups -OCH3 is 1. The fourth-order valence-corrected chi connectivity index (χ4v) is 2.23. The minimum Gasteiger partial charge on any atom is -0.496 e. The van der Waals surface area contributed by atoms with Crippen LogP contribution in [0.4, 0.5) is 0 Å². The van der Waals surface area contributed by atoms with Gasteiger partial charge in [0.05, 0.1) is 19.8 Å². The summed E-state index contributed by atoms with van der Waals surface area (Å²) in [4.78, 5) is 11.1. The Bertz CT molecular complexity index is 455. The van der Waals surface area contributed by atoms with Gasteiger partial charge in [0, 0.05) is 6.92 Å². The fraction of sp³-hybridized carbons (Fsp3) is 0.500. The van der Waals surface area contributed by atoms with Crippen molar-refractivity contribution in [2.45, 2.75) is 33.7 Å². The predicted molar refractivity (Wildman–Crippen MR) is 70.8 cm³/mol. The SMILES string of the molecule is COc1c(C)cc(C(CO)NC(C)=O)c(C)c1C. The van der Waals surface area contributed by atoms with Crippen molar-refractivity contribution in [3.05, 3.63) is 28.3 Å². The van der Waals surface area contributed by atoms with E-state index in [0.717, 1.165) is 28.0 Å². The number of carbonyl (C=O) groups is 1. The molecule has 0 aliphatic carbocycles. The van der Waals surface area contributed by atoms with Crippen molar-refractivity contribution in [3.8, 4) is 5.75 Å². The average molecular weight is 251 g/mol. The predicted octanol–water partition coefficient (Wildman–Crippen LogP) is 1.79. The second kappa shape index (κ2) is 5.87. The molecule has 1 unspecified atom stereocenters. The third-order valence-corrected chi connectivity index (χ3v) is 3.21. The second-order valence-corrected chi connectivity index (χ2v) is 4.50. The number of ether oxygens (including phenoxy) is 1. The average Bonchev–Trinajstić information content (AvgIpc) is 2.31. The Kier molecular flexibility index (Phi) is 4.73. The van der Waals surface area contributed by atoms with Crippen LogP contribution in [0.1, 0.15) is 35.2 Å². The molecule has 0 aromatic heterocycles. The Hall–Kier alpha value is -1.55. The van der Waals surface area contributed by atoms with Crippen LogP contribution in [0.3, 0.4) is 0 Å². The van der Waals surface area contributed by atoms with Gasteiger partial charge in [-0.05, 0) is 49.1 Å². The van der Waals surface area contributed by atoms with Crippen molar-refractivity contribution >= 4 is 5.91 Å². The van der Waals surface area contributed by atoms with Gasteiger partial charge in [0.25, 0.3) is 0 Å². The third-order valence-electron chi connectivity index (χ3n) is 3.21. The number of rotatable bonds is 4. The van der Waals surface area contributed by atoms with Crippen LogP contribution in [0, 0.1) is 20.8 Å². The standard InChI is InChI=1S/C14H21NO3/c1-8-6-12(13(7-16)15-11(4)17)9(2)10(3)14(8)18-5/h6,13,16H,7H2,1-5H3,(H,15,17). The molecule has 1 aromatic rings. The summed E-state index contributed by atoms with van der Waals surface area (Å²) < 4.78 is 5.36. The molecule has 4 heteroatoms. The first-order valence-corrected chi connectivity index (χ1v) is 5.95. The van der Waals surface area contributed by atoms with Crippen molar-refractivity contribution in [1.82, 2.24) is 5.32 Å². The van der Waals surface area contributed by atoms with Gasteiger partial charge in [-0.15, -0.1) is 0 Å². The topological polar surface area (TPSA) is 58.6 Å². The number of nitrogens with one attached hydrogen (secondary N) is 1. The highest BCUT2D eigenvalue weighted by atomic mass is 16.5. The first-order valence-electron chi connectivity index (χ1n) is 5.95. The molecule has 1 rings (SSSR count). The summed E-state index contributed by atoms with van der Waals surface area (Å²) in [7, 11) is 1.64. The summed E-state index contributed by atoms with van der Waals surface area (Å²) in [6.07, 6.45) is 0. The molecule has 0 heterocycles. The lowest BCUT2D eigenvalue weighted by molar-refractivity contribution is -0.120. The highest BCUT2D eigenvalue weighted by Gasteiger charge is 2.18. The molecule has 0 aliphatic heterocycles. The molecule has 1 amide bonds. The molecule has 2 N–H and O–H groups in total. The lowest BCUT2D eigenvalue weighted by Crippen LogP contribution is -2.29. The van der Waals surface area contributed by atoms with Gasteiger partial charge in [-0.25, -0.2) is 0 Å². The summed E-state index contributed by atoms with van der Waals surface area (Å²) in [6, 6.07) is 1.59. The van der Waals surface area contributed by atoms with Gasteiger partial charge < -0.3 is 15.2 Å². The van der Waals surface area contributed by atoms with Crippen LogP contribution in [-0.4, -0.2) is 24.7 Å². The van der Waals surface area contributed by atoms with Gasteiger partial charge >= 0.3 is 0 Å². The largest absolute Gasteiger partial charge is 0.496 e. The molecule has 0 spiro atoms. The van der Waals surface area contributed by atoms with Gasteiger partial charge in [-0.2, -0.15) is 0 Å². The molecule has 4 nitrogen and oxygen atoms in total. The van der Waals surface area contributed by atoms with Gasteiger partial charge in [0.1, 0.15) is 5.75 Å². The molecule has 0 saturated carbocycles. The van der Waals surface area contributed by atoms with Crippen LogP contribution in [0.15, 0.2) is 6.07 Å². The summed E-state index contributed by atoms with van der Waals surface area (Å²) >= 11 is 0. The Balaban J connectivity index is 3.28. The van der Waals surface area contributed by atoms with E-state index in [1.807, 2.05) is 26.8 Å². The third kappa shape index (κ3) is 2.82. The maximum Gasteiger partial charge on any atom is 0.217 e. The Morgan fingerprint density at radius 3 is 2.44 bits per heavy atom. The van der Waals surface area contributed by atoms with Crippen molar-refractivity contribution in [1.29, 1.82) is 0 Å². The lowest BCUT2D eigenvalue weighted by atomic mass is 9.94. The molecule has 0 saturated heterocycles. The van der Waals surface area contributed by atoms with Gasteiger partial charge in [-0.1, -0.05) is 0 Å². The number of carbonyl (C=O) groups excluding carboxylic acids is 1. The maximum atomic E-state index is 11.1. The Morgan fingerprint density at radius 2 is 2.00 bits per heavy atom. The van der Waals surface area contributed by atoms with E-state index in [9.17, 15) is 9.90 Å². The molecular weight excluding hydrogens is 230 g/mol. The number of benzene rings is 1. The second-order valence-electron chi connectivity index (χ2n) is 4.50. The van der Waals surface area contributed by atoms with Crippen LogP contribution < -0.4 is 10.1 Å². The molecule has 0 aliphatic rings. The summed E-state index contributed by atoms with van der Waals surface area (Å²) in [5.74, 6) is 0.704. The first-order chi connectivity index (χ1) is 8.42. The van der Waals surface area contributed by atoms with Crippen molar-refractivity contribution in [3.63, 3.8) is 0 Å². The molecule has 100 valence electrons. The molecule has 0 bridgehead atoms. The number of aliphatic hydroxyl groups is 1. The molecule has 0 radical (unpaired) electrons. The van der Waals surface area contributed by atoms with Gasteiger partial charge in [0.2, 0.25) is 5.91 Å². The number of amides is 1. The van der Waals surface area contributed by atoms with Crippen LogP contribution in [0.5, 0.6) is 5.75 Å². The van der Waals surface area contributed by atoms with E-state index < -0.39 is 0 Å². The van der Waals surface area contributed by atoms with Crippen molar-refractivity contribution < 1.29 is 14.6 Å². The minimum atomic E-state index is -0.370. The molecule has 0 fully saturated rings. The highest BCUT2D eigenvalue weighted by Crippen LogP contribution is 2.31. The summed E-state index contributed by atoms with van der Waals surface area (Å²) in [5, 5.41) is 12.2. The number of aryl methyl sites for hydroxylation is 1. The Morgan fingerprint density at radius 1 is 1.39 bits per heavy atom. The normalized spacial score (nSPS) is 12.1. The number of hydrogen-bond donors (Lipinski definition) is 2. The van der Waals surface area contributed by atoms with E-state index in [1.54, 1.807) is 7.11 Å². The molecule has 18 heavy (non-hydrogen) atoms. The van der Waals surface area contributed by atoms with Crippen LogP contribution in [0.25, 0.3) is 0 Å². The van der Waals surface area contributed by atoms with E-state index in [1.165, 1.54) is 6.92 Å². The van der Waals surface area contributed by atoms with Crippen molar-refractivity contribution in [2.75, 3.05) is 13.7 Å². The molecular formula is C14H21NO3. The van der Waals surface area contributed by atoms with Crippen LogP contribution in [0.2, 0.25) is 0 Å². The van der Waals surface area contributed by atoms with Gasteiger partial charge in [0.15, 0.2) is 0 Å². The van der Waals surface area contributed by atoms with E-state index >= 15 is 0 Å². The minimum absolute atomic E-state index is 0.119. The van der Waals surface area contributed by atoms with Crippen molar-refractivity contribution in [2.24, 2.45) is 0 Å². The van der Waals surface area contributed by atoms with Crippen LogP contribution in [-0.2, 0) is 4.79 Å². The monoisotopic (exact) mass is 251 g/mol. The number of aliphatic hydroxyl groups excluding tert-OH is 1.